The first-order valence-corrected chi connectivity index (χ1v) is 6.58. The van der Waals surface area contributed by atoms with E-state index in [4.69, 9.17) is 5.53 Å². The minimum absolute atomic E-state index is 0.581. The molecule has 0 atom stereocenters. The minimum Gasteiger partial charge on any atom is -0.352 e. The van der Waals surface area contributed by atoms with Crippen LogP contribution in [-0.2, 0) is 0 Å². The second-order valence-electron chi connectivity index (χ2n) is 3.20. The predicted molar refractivity (Wildman–Crippen MR) is 54.8 cm³/mol. The highest BCUT2D eigenvalue weighted by Gasteiger charge is 2.04. The molecule has 0 radical (unpaired) electrons. The van der Waals surface area contributed by atoms with E-state index in [-0.39, 0.29) is 0 Å². The zero-order valence-corrected chi connectivity index (χ0v) is 8.55. The molecule has 0 fully saturated rings. The van der Waals surface area contributed by atoms with E-state index in [1.165, 1.54) is 0 Å². The van der Waals surface area contributed by atoms with E-state index in [9.17, 15) is 4.55 Å². The van der Waals surface area contributed by atoms with Crippen molar-refractivity contribution in [1.29, 1.82) is 0 Å². The van der Waals surface area contributed by atoms with Gasteiger partial charge in [-0.05, 0) is 36.6 Å². The molecular weight excluding hydrogens is 174 g/mol. The Hall–Kier alpha value is -0.380. The van der Waals surface area contributed by atoms with E-state index in [0.717, 1.165) is 25.0 Å². The smallest absolute Gasteiger partial charge is 0.0257 e. The van der Waals surface area contributed by atoms with Crippen LogP contribution in [0.1, 0.15) is 19.3 Å². The zero-order chi connectivity index (χ0) is 9.45. The van der Waals surface area contributed by atoms with Crippen molar-refractivity contribution < 1.29 is 4.55 Å². The molecule has 12 heavy (non-hydrogen) atoms. The van der Waals surface area contributed by atoms with Gasteiger partial charge in [-0.3, -0.25) is 0 Å². The third kappa shape index (κ3) is 9.62. The second-order valence-corrected chi connectivity index (χ2v) is 6.57. The van der Waals surface area contributed by atoms with Gasteiger partial charge in [-0.25, -0.2) is 0 Å². The van der Waals surface area contributed by atoms with E-state index in [1.807, 2.05) is 12.5 Å². The van der Waals surface area contributed by atoms with Gasteiger partial charge in [0.2, 0.25) is 0 Å². The molecule has 72 valence electrons. The van der Waals surface area contributed by atoms with Gasteiger partial charge in [0, 0.05) is 11.5 Å². The number of azide groups is 1. The average Bonchev–Trinajstić information content (AvgIpc) is 1.94. The van der Waals surface area contributed by atoms with Gasteiger partial charge in [-0.2, -0.15) is 0 Å². The lowest BCUT2D eigenvalue weighted by molar-refractivity contribution is 0.627. The van der Waals surface area contributed by atoms with Gasteiger partial charge in [0.1, 0.15) is 0 Å². The highest BCUT2D eigenvalue weighted by atomic mass is 32.3. The van der Waals surface area contributed by atoms with E-state index in [1.54, 1.807) is 0 Å². The standard InChI is InChI=1S/C7H17N3OS/c1-12(2,11)7-5-3-4-6-9-10-8/h11H,3-7H2,1-2H3. The summed E-state index contributed by atoms with van der Waals surface area (Å²) >= 11 is 0. The minimum atomic E-state index is -1.32. The maximum absolute atomic E-state index is 9.42. The van der Waals surface area contributed by atoms with Crippen LogP contribution >= 0.6 is 10.3 Å². The third-order valence-corrected chi connectivity index (χ3v) is 2.75. The number of unbranched alkanes of at least 4 members (excludes halogenated alkanes) is 2. The molecule has 0 unspecified atom stereocenters. The molecule has 0 aliphatic rings. The molecule has 0 rings (SSSR count). The summed E-state index contributed by atoms with van der Waals surface area (Å²) in [5.41, 5.74) is 7.97. The summed E-state index contributed by atoms with van der Waals surface area (Å²) in [6.45, 7) is 0.581. The maximum Gasteiger partial charge on any atom is 0.0257 e. The van der Waals surface area contributed by atoms with Crippen LogP contribution in [-0.4, -0.2) is 29.4 Å². The summed E-state index contributed by atoms with van der Waals surface area (Å²) in [7, 11) is -1.32. The van der Waals surface area contributed by atoms with Crippen molar-refractivity contribution in [2.75, 3.05) is 24.8 Å². The Bertz CT molecular complexity index is 161. The summed E-state index contributed by atoms with van der Waals surface area (Å²) < 4.78 is 9.42. The van der Waals surface area contributed by atoms with Gasteiger partial charge in [0.15, 0.2) is 0 Å². The first-order chi connectivity index (χ1) is 5.56. The monoisotopic (exact) mass is 191 g/mol. The fourth-order valence-electron chi connectivity index (χ4n) is 0.859. The largest absolute Gasteiger partial charge is 0.352 e. The highest BCUT2D eigenvalue weighted by Crippen LogP contribution is 2.34. The molecule has 0 aliphatic heterocycles. The molecule has 0 heterocycles. The van der Waals surface area contributed by atoms with Gasteiger partial charge in [-0.1, -0.05) is 11.5 Å². The molecule has 0 aromatic carbocycles. The van der Waals surface area contributed by atoms with Crippen molar-refractivity contribution in [1.82, 2.24) is 0 Å². The van der Waals surface area contributed by atoms with Crippen molar-refractivity contribution in [2.24, 2.45) is 5.11 Å². The quantitative estimate of drug-likeness (QED) is 0.298. The lowest BCUT2D eigenvalue weighted by Crippen LogP contribution is -1.99. The first-order valence-electron chi connectivity index (χ1n) is 4.00. The molecule has 0 bridgehead atoms. The predicted octanol–water partition coefficient (Wildman–Crippen LogP) is 3.00. The van der Waals surface area contributed by atoms with Crippen molar-refractivity contribution >= 4 is 10.3 Å². The second kappa shape index (κ2) is 6.17. The normalized spacial score (nSPS) is 12.2. The SMILES string of the molecule is CS(C)(O)CCCCCN=[N+]=[N-]. The van der Waals surface area contributed by atoms with Crippen LogP contribution < -0.4 is 0 Å². The van der Waals surface area contributed by atoms with Crippen LogP contribution in [0.2, 0.25) is 0 Å². The fraction of sp³-hybridized carbons (Fsp3) is 1.00. The van der Waals surface area contributed by atoms with Crippen molar-refractivity contribution in [3.63, 3.8) is 0 Å². The molecule has 0 aliphatic carbocycles. The zero-order valence-electron chi connectivity index (χ0n) is 7.73. The van der Waals surface area contributed by atoms with E-state index < -0.39 is 10.3 Å². The molecule has 0 aromatic heterocycles. The van der Waals surface area contributed by atoms with Crippen LogP contribution in [0.4, 0.5) is 0 Å². The molecule has 0 spiro atoms. The van der Waals surface area contributed by atoms with Gasteiger partial charge < -0.3 is 4.55 Å². The molecule has 4 nitrogen and oxygen atoms in total. The van der Waals surface area contributed by atoms with Gasteiger partial charge in [0.05, 0.1) is 0 Å². The van der Waals surface area contributed by atoms with E-state index in [2.05, 4.69) is 10.0 Å². The van der Waals surface area contributed by atoms with E-state index in [0.29, 0.717) is 6.54 Å². The van der Waals surface area contributed by atoms with Gasteiger partial charge >= 0.3 is 0 Å². The van der Waals surface area contributed by atoms with Gasteiger partial charge in [-0.15, -0.1) is 10.3 Å². The molecule has 0 saturated carbocycles. The van der Waals surface area contributed by atoms with Crippen molar-refractivity contribution in [3.05, 3.63) is 10.4 Å². The molecule has 0 saturated heterocycles. The number of nitrogens with zero attached hydrogens (tertiary/aromatic N) is 3. The Kier molecular flexibility index (Phi) is 5.98. The molecular formula is C7H17N3OS. The Morgan fingerprint density at radius 3 is 2.50 bits per heavy atom. The summed E-state index contributed by atoms with van der Waals surface area (Å²) in [6, 6.07) is 0. The lowest BCUT2D eigenvalue weighted by atomic mass is 10.2. The maximum atomic E-state index is 9.42. The van der Waals surface area contributed by atoms with E-state index >= 15 is 0 Å². The number of rotatable bonds is 6. The Balaban J connectivity index is 3.16. The van der Waals surface area contributed by atoms with Crippen molar-refractivity contribution in [3.8, 4) is 0 Å². The van der Waals surface area contributed by atoms with Crippen LogP contribution in [0.15, 0.2) is 5.11 Å². The van der Waals surface area contributed by atoms with Crippen molar-refractivity contribution in [2.45, 2.75) is 19.3 Å². The topological polar surface area (TPSA) is 69.0 Å². The Morgan fingerprint density at radius 1 is 1.33 bits per heavy atom. The van der Waals surface area contributed by atoms with Crippen LogP contribution in [0.25, 0.3) is 10.4 Å². The highest BCUT2D eigenvalue weighted by molar-refractivity contribution is 8.28. The van der Waals surface area contributed by atoms with Gasteiger partial charge in [0.25, 0.3) is 0 Å². The van der Waals surface area contributed by atoms with Crippen LogP contribution in [0, 0.1) is 0 Å². The lowest BCUT2D eigenvalue weighted by Gasteiger charge is -2.22. The summed E-state index contributed by atoms with van der Waals surface area (Å²) in [5, 5.41) is 3.43. The fourth-order valence-corrected chi connectivity index (χ4v) is 1.77. The van der Waals surface area contributed by atoms with Crippen LogP contribution in [0.5, 0.6) is 0 Å². The number of hydrogen-bond acceptors (Lipinski definition) is 2. The van der Waals surface area contributed by atoms with Crippen LogP contribution in [0.3, 0.4) is 0 Å². The Morgan fingerprint density at radius 2 is 2.00 bits per heavy atom. The number of hydrogen-bond donors (Lipinski definition) is 1. The average molecular weight is 191 g/mol. The summed E-state index contributed by atoms with van der Waals surface area (Å²) in [5.74, 6) is 0.892. The summed E-state index contributed by atoms with van der Waals surface area (Å²) in [6.07, 6.45) is 6.77. The molecule has 0 aromatic rings. The first kappa shape index (κ1) is 11.6. The molecule has 1 N–H and O–H groups in total. The molecule has 5 heteroatoms. The molecule has 0 amide bonds. The third-order valence-electron chi connectivity index (χ3n) is 1.47. The Labute approximate surface area is 75.1 Å². The summed E-state index contributed by atoms with van der Waals surface area (Å²) in [4.78, 5) is 2.66.